The van der Waals surface area contributed by atoms with E-state index in [0.29, 0.717) is 11.2 Å². The predicted molar refractivity (Wildman–Crippen MR) is 69.5 cm³/mol. The molecule has 1 aromatic heterocycles. The highest BCUT2D eigenvalue weighted by molar-refractivity contribution is 9.10. The largest absolute Gasteiger partial charge is 0.380 e. The molecule has 0 amide bonds. The van der Waals surface area contributed by atoms with Crippen molar-refractivity contribution >= 4 is 33.2 Å². The molecule has 1 N–H and O–H groups in total. The third kappa shape index (κ3) is 4.22. The van der Waals surface area contributed by atoms with Gasteiger partial charge in [0.1, 0.15) is 0 Å². The second-order valence-electron chi connectivity index (χ2n) is 3.40. The maximum absolute atomic E-state index is 5.96. The van der Waals surface area contributed by atoms with E-state index in [9.17, 15) is 0 Å². The molecule has 82 valence electrons. The lowest BCUT2D eigenvalue weighted by Crippen LogP contribution is -2.15. The minimum absolute atomic E-state index is 0.358. The highest BCUT2D eigenvalue weighted by atomic mass is 79.9. The molecule has 4 heteroatoms. The first-order valence-electron chi connectivity index (χ1n) is 4.82. The Labute approximate surface area is 104 Å². The third-order valence-electron chi connectivity index (χ3n) is 2.01. The van der Waals surface area contributed by atoms with Crippen LogP contribution in [-0.4, -0.2) is 11.0 Å². The molecule has 1 unspecified atom stereocenters. The molecular formula is C11H14BrClN2. The van der Waals surface area contributed by atoms with Gasteiger partial charge >= 0.3 is 0 Å². The Morgan fingerprint density at radius 2 is 2.47 bits per heavy atom. The number of allylic oxidation sites excluding steroid dienone is 1. The molecule has 15 heavy (non-hydrogen) atoms. The SMILES string of the molecule is C=CCCC(C)Nc1cc(Br)cnc1Cl. The van der Waals surface area contributed by atoms with Crippen molar-refractivity contribution in [3.63, 3.8) is 0 Å². The predicted octanol–water partition coefficient (Wildman–Crippen LogP) is 4.26. The molecule has 2 nitrogen and oxygen atoms in total. The Hall–Kier alpha value is -0.540. The monoisotopic (exact) mass is 288 g/mol. The van der Waals surface area contributed by atoms with Crippen LogP contribution in [0.1, 0.15) is 19.8 Å². The van der Waals surface area contributed by atoms with Crippen LogP contribution in [0.15, 0.2) is 29.4 Å². The van der Waals surface area contributed by atoms with E-state index in [-0.39, 0.29) is 0 Å². The number of nitrogens with zero attached hydrogens (tertiary/aromatic N) is 1. The van der Waals surface area contributed by atoms with Gasteiger partial charge in [-0.3, -0.25) is 0 Å². The zero-order chi connectivity index (χ0) is 11.3. The standard InChI is InChI=1S/C11H14BrClN2/c1-3-4-5-8(2)15-10-6-9(12)7-14-11(10)13/h3,6-8,15H,1,4-5H2,2H3. The number of hydrogen-bond donors (Lipinski definition) is 1. The molecule has 1 heterocycles. The van der Waals surface area contributed by atoms with Gasteiger partial charge in [0.15, 0.2) is 5.15 Å². The summed E-state index contributed by atoms with van der Waals surface area (Å²) in [7, 11) is 0. The van der Waals surface area contributed by atoms with Gasteiger partial charge in [-0.05, 0) is 41.8 Å². The van der Waals surface area contributed by atoms with Crippen molar-refractivity contribution in [1.82, 2.24) is 4.98 Å². The molecule has 0 saturated carbocycles. The van der Waals surface area contributed by atoms with E-state index in [1.54, 1.807) is 6.20 Å². The van der Waals surface area contributed by atoms with Crippen LogP contribution in [0, 0.1) is 0 Å². The van der Waals surface area contributed by atoms with Gasteiger partial charge in [0.25, 0.3) is 0 Å². The van der Waals surface area contributed by atoms with Crippen LogP contribution in [0.25, 0.3) is 0 Å². The van der Waals surface area contributed by atoms with Crippen LogP contribution < -0.4 is 5.32 Å². The molecule has 0 aromatic carbocycles. The van der Waals surface area contributed by atoms with Crippen LogP contribution >= 0.6 is 27.5 Å². The van der Waals surface area contributed by atoms with Crippen molar-refractivity contribution in [2.75, 3.05) is 5.32 Å². The number of nitrogens with one attached hydrogen (secondary N) is 1. The molecular weight excluding hydrogens is 275 g/mol. The van der Waals surface area contributed by atoms with Gasteiger partial charge in [0.05, 0.1) is 5.69 Å². The Kier molecular flexibility index (Phi) is 5.12. The summed E-state index contributed by atoms with van der Waals surface area (Å²) in [5.41, 5.74) is 0.864. The normalized spacial score (nSPS) is 12.2. The second kappa shape index (κ2) is 6.13. The van der Waals surface area contributed by atoms with E-state index < -0.39 is 0 Å². The Morgan fingerprint density at radius 1 is 1.73 bits per heavy atom. The van der Waals surface area contributed by atoms with Gasteiger partial charge < -0.3 is 5.32 Å². The topological polar surface area (TPSA) is 24.9 Å². The highest BCUT2D eigenvalue weighted by Gasteiger charge is 2.06. The summed E-state index contributed by atoms with van der Waals surface area (Å²) in [6.07, 6.45) is 5.63. The molecule has 0 fully saturated rings. The van der Waals surface area contributed by atoms with Crippen LogP contribution in [-0.2, 0) is 0 Å². The summed E-state index contributed by atoms with van der Waals surface area (Å²) in [6.45, 7) is 5.81. The fraction of sp³-hybridized carbons (Fsp3) is 0.364. The average Bonchev–Trinajstić information content (AvgIpc) is 2.20. The number of anilines is 1. The zero-order valence-electron chi connectivity index (χ0n) is 8.63. The minimum atomic E-state index is 0.358. The first-order valence-corrected chi connectivity index (χ1v) is 5.99. The summed E-state index contributed by atoms with van der Waals surface area (Å²) < 4.78 is 0.922. The number of halogens is 2. The molecule has 0 bridgehead atoms. The molecule has 1 aromatic rings. The molecule has 0 aliphatic rings. The van der Waals surface area contributed by atoms with Gasteiger partial charge in [0, 0.05) is 16.7 Å². The summed E-state index contributed by atoms with van der Waals surface area (Å²) in [4.78, 5) is 4.05. The zero-order valence-corrected chi connectivity index (χ0v) is 11.0. The third-order valence-corrected chi connectivity index (χ3v) is 2.75. The molecule has 0 saturated heterocycles. The van der Waals surface area contributed by atoms with Crippen molar-refractivity contribution in [2.24, 2.45) is 0 Å². The van der Waals surface area contributed by atoms with E-state index >= 15 is 0 Å². The van der Waals surface area contributed by atoms with Gasteiger partial charge in [0.2, 0.25) is 0 Å². The van der Waals surface area contributed by atoms with Crippen molar-refractivity contribution in [1.29, 1.82) is 0 Å². The quantitative estimate of drug-likeness (QED) is 0.647. The van der Waals surface area contributed by atoms with E-state index in [2.05, 4.69) is 39.7 Å². The molecule has 1 atom stereocenters. The van der Waals surface area contributed by atoms with Crippen LogP contribution in [0.5, 0.6) is 0 Å². The molecule has 0 aliphatic heterocycles. The van der Waals surface area contributed by atoms with Crippen LogP contribution in [0.3, 0.4) is 0 Å². The first kappa shape index (κ1) is 12.5. The number of pyridine rings is 1. The van der Waals surface area contributed by atoms with Gasteiger partial charge in [-0.2, -0.15) is 0 Å². The smallest absolute Gasteiger partial charge is 0.152 e. The van der Waals surface area contributed by atoms with Crippen LogP contribution in [0.4, 0.5) is 5.69 Å². The summed E-state index contributed by atoms with van der Waals surface area (Å²) in [5, 5.41) is 3.82. The molecule has 1 rings (SSSR count). The van der Waals surface area contributed by atoms with E-state index in [1.807, 2.05) is 12.1 Å². The van der Waals surface area contributed by atoms with Crippen molar-refractivity contribution in [2.45, 2.75) is 25.8 Å². The lowest BCUT2D eigenvalue weighted by Gasteiger charge is -2.15. The van der Waals surface area contributed by atoms with Gasteiger partial charge in [-0.15, -0.1) is 6.58 Å². The number of hydrogen-bond acceptors (Lipinski definition) is 2. The fourth-order valence-electron chi connectivity index (χ4n) is 1.23. The van der Waals surface area contributed by atoms with Crippen molar-refractivity contribution in [3.8, 4) is 0 Å². The number of aromatic nitrogens is 1. The first-order chi connectivity index (χ1) is 7.13. The van der Waals surface area contributed by atoms with E-state index in [0.717, 1.165) is 23.0 Å². The molecule has 0 spiro atoms. The Bertz CT molecular complexity index is 341. The van der Waals surface area contributed by atoms with Crippen molar-refractivity contribution < 1.29 is 0 Å². The lowest BCUT2D eigenvalue weighted by atomic mass is 10.2. The van der Waals surface area contributed by atoms with E-state index in [4.69, 9.17) is 11.6 Å². The Balaban J connectivity index is 2.62. The summed E-state index contributed by atoms with van der Waals surface area (Å²) in [5.74, 6) is 0. The van der Waals surface area contributed by atoms with Crippen molar-refractivity contribution in [3.05, 3.63) is 34.5 Å². The molecule has 0 radical (unpaired) electrons. The molecule has 0 aliphatic carbocycles. The second-order valence-corrected chi connectivity index (χ2v) is 4.68. The summed E-state index contributed by atoms with van der Waals surface area (Å²) in [6, 6.07) is 2.29. The minimum Gasteiger partial charge on any atom is -0.380 e. The fourth-order valence-corrected chi connectivity index (χ4v) is 1.72. The van der Waals surface area contributed by atoms with Gasteiger partial charge in [-0.25, -0.2) is 4.98 Å². The lowest BCUT2D eigenvalue weighted by molar-refractivity contribution is 0.718. The average molecular weight is 290 g/mol. The maximum atomic E-state index is 5.96. The van der Waals surface area contributed by atoms with E-state index in [1.165, 1.54) is 0 Å². The Morgan fingerprint density at radius 3 is 3.13 bits per heavy atom. The van der Waals surface area contributed by atoms with Crippen LogP contribution in [0.2, 0.25) is 5.15 Å². The summed E-state index contributed by atoms with van der Waals surface area (Å²) >= 11 is 9.32. The maximum Gasteiger partial charge on any atom is 0.152 e. The highest BCUT2D eigenvalue weighted by Crippen LogP contribution is 2.24. The number of rotatable bonds is 5. The van der Waals surface area contributed by atoms with Gasteiger partial charge in [-0.1, -0.05) is 17.7 Å².